The predicted molar refractivity (Wildman–Crippen MR) is 102 cm³/mol. The lowest BCUT2D eigenvalue weighted by Crippen LogP contribution is -2.51. The van der Waals surface area contributed by atoms with Crippen LogP contribution in [0.1, 0.15) is 71.1 Å². The van der Waals surface area contributed by atoms with Crippen LogP contribution in [0.3, 0.4) is 0 Å². The molecule has 0 aromatic carbocycles. The first-order valence-corrected chi connectivity index (χ1v) is 11.1. The summed E-state index contributed by atoms with van der Waals surface area (Å²) in [5.74, 6) is 4.04. The van der Waals surface area contributed by atoms with Gasteiger partial charge in [-0.3, -0.25) is 0 Å². The Morgan fingerprint density at radius 1 is 1.00 bits per heavy atom. The Labute approximate surface area is 154 Å². The van der Waals surface area contributed by atoms with Gasteiger partial charge in [0.15, 0.2) is 0 Å². The fourth-order valence-electron chi connectivity index (χ4n) is 6.77. The minimum absolute atomic E-state index is 0.0442. The summed E-state index contributed by atoms with van der Waals surface area (Å²) in [6.07, 6.45) is 13.1. The van der Waals surface area contributed by atoms with E-state index < -0.39 is 0 Å². The molecule has 0 radical (unpaired) electrons. The van der Waals surface area contributed by atoms with E-state index in [1.54, 1.807) is 0 Å². The van der Waals surface area contributed by atoms with Crippen LogP contribution in [-0.2, 0) is 4.74 Å². The number of aliphatic hydroxyl groups excluding tert-OH is 1. The smallest absolute Gasteiger partial charge is 0.0564 e. The van der Waals surface area contributed by atoms with Gasteiger partial charge in [0.1, 0.15) is 0 Å². The lowest BCUT2D eigenvalue weighted by atomic mass is 9.47. The third-order valence-electron chi connectivity index (χ3n) is 8.10. The standard InChI is InChI=1S/C22H39NO2/c1-17-19-11-18-12-20(17)15-22(13-18,14-19)16-25-10-4-2-3-7-23-8-5-21(24)6-9-23/h17-21,24H,2-16H2,1H3. The molecule has 1 N–H and O–H groups in total. The maximum Gasteiger partial charge on any atom is 0.0564 e. The molecule has 5 aliphatic rings. The van der Waals surface area contributed by atoms with E-state index in [1.165, 1.54) is 57.9 Å². The molecule has 0 aromatic rings. The molecule has 144 valence electrons. The monoisotopic (exact) mass is 349 g/mol. The van der Waals surface area contributed by atoms with Crippen LogP contribution in [0, 0.1) is 29.1 Å². The van der Waals surface area contributed by atoms with Crippen molar-refractivity contribution in [2.45, 2.75) is 77.2 Å². The number of rotatable bonds is 8. The number of aliphatic hydroxyl groups is 1. The molecule has 2 atom stereocenters. The van der Waals surface area contributed by atoms with Gasteiger partial charge in [0, 0.05) is 19.7 Å². The quantitative estimate of drug-likeness (QED) is 0.670. The van der Waals surface area contributed by atoms with E-state index in [0.29, 0.717) is 5.41 Å². The van der Waals surface area contributed by atoms with Crippen molar-refractivity contribution in [2.24, 2.45) is 29.1 Å². The molecule has 3 nitrogen and oxygen atoms in total. The molecule has 0 aromatic heterocycles. The van der Waals surface area contributed by atoms with Gasteiger partial charge in [-0.1, -0.05) is 6.92 Å². The van der Waals surface area contributed by atoms with E-state index in [2.05, 4.69) is 11.8 Å². The third-order valence-corrected chi connectivity index (χ3v) is 8.10. The second kappa shape index (κ2) is 7.86. The summed E-state index contributed by atoms with van der Waals surface area (Å²) in [6.45, 7) is 7.91. The molecule has 25 heavy (non-hydrogen) atoms. The van der Waals surface area contributed by atoms with E-state index >= 15 is 0 Å². The molecule has 4 bridgehead atoms. The number of piperidine rings is 1. The highest BCUT2D eigenvalue weighted by molar-refractivity contribution is 5.03. The van der Waals surface area contributed by atoms with Gasteiger partial charge in [-0.05, 0) is 99.8 Å². The second-order valence-corrected chi connectivity index (χ2v) is 10.0. The van der Waals surface area contributed by atoms with Crippen molar-refractivity contribution < 1.29 is 9.84 Å². The Morgan fingerprint density at radius 2 is 1.72 bits per heavy atom. The zero-order valence-corrected chi connectivity index (χ0v) is 16.3. The Hall–Kier alpha value is -0.120. The van der Waals surface area contributed by atoms with Crippen molar-refractivity contribution in [3.8, 4) is 0 Å². The van der Waals surface area contributed by atoms with Crippen LogP contribution in [0.25, 0.3) is 0 Å². The summed E-state index contributed by atoms with van der Waals surface area (Å²) in [5.41, 5.74) is 0.567. The highest BCUT2D eigenvalue weighted by atomic mass is 16.5. The third kappa shape index (κ3) is 4.25. The van der Waals surface area contributed by atoms with E-state index in [-0.39, 0.29) is 6.10 Å². The van der Waals surface area contributed by atoms with Gasteiger partial charge >= 0.3 is 0 Å². The van der Waals surface area contributed by atoms with Gasteiger partial charge in [0.25, 0.3) is 0 Å². The SMILES string of the molecule is CC1C2CC3CC1CC(COCCCCCN1CCC(O)CC1)(C3)C2. The lowest BCUT2D eigenvalue weighted by molar-refractivity contribution is -0.122. The van der Waals surface area contributed by atoms with Crippen molar-refractivity contribution in [1.29, 1.82) is 0 Å². The molecule has 1 heterocycles. The summed E-state index contributed by atoms with van der Waals surface area (Å²) >= 11 is 0. The number of hydrogen-bond donors (Lipinski definition) is 1. The second-order valence-electron chi connectivity index (χ2n) is 10.0. The van der Waals surface area contributed by atoms with Crippen LogP contribution in [0.4, 0.5) is 0 Å². The molecule has 0 amide bonds. The molecule has 4 saturated carbocycles. The molecule has 1 aliphatic heterocycles. The van der Waals surface area contributed by atoms with Crippen LogP contribution < -0.4 is 0 Å². The number of unbranched alkanes of at least 4 members (excludes halogenated alkanes) is 2. The van der Waals surface area contributed by atoms with Gasteiger partial charge in [-0.25, -0.2) is 0 Å². The van der Waals surface area contributed by atoms with Crippen LogP contribution in [0.2, 0.25) is 0 Å². The highest BCUT2D eigenvalue weighted by Gasteiger charge is 2.53. The van der Waals surface area contributed by atoms with Crippen LogP contribution >= 0.6 is 0 Å². The van der Waals surface area contributed by atoms with E-state index in [0.717, 1.165) is 62.8 Å². The first kappa shape index (κ1) is 18.3. The van der Waals surface area contributed by atoms with Gasteiger partial charge in [0.05, 0.1) is 12.7 Å². The number of ether oxygens (including phenoxy) is 1. The van der Waals surface area contributed by atoms with Crippen molar-refractivity contribution in [3.05, 3.63) is 0 Å². The molecule has 3 heteroatoms. The maximum atomic E-state index is 9.56. The van der Waals surface area contributed by atoms with Crippen LogP contribution in [0.15, 0.2) is 0 Å². The summed E-state index contributed by atoms with van der Waals surface area (Å²) in [5, 5.41) is 9.56. The van der Waals surface area contributed by atoms with Crippen LogP contribution in [0.5, 0.6) is 0 Å². The maximum absolute atomic E-state index is 9.56. The summed E-state index contributed by atoms with van der Waals surface area (Å²) < 4.78 is 6.21. The molecule has 5 fully saturated rings. The largest absolute Gasteiger partial charge is 0.393 e. The van der Waals surface area contributed by atoms with Gasteiger partial charge in [-0.15, -0.1) is 0 Å². The molecular weight excluding hydrogens is 310 g/mol. The average molecular weight is 350 g/mol. The number of hydrogen-bond acceptors (Lipinski definition) is 3. The molecule has 5 rings (SSSR count). The van der Waals surface area contributed by atoms with Crippen molar-refractivity contribution in [3.63, 3.8) is 0 Å². The Balaban J connectivity index is 1.08. The molecule has 1 saturated heterocycles. The zero-order valence-electron chi connectivity index (χ0n) is 16.3. The first-order chi connectivity index (χ1) is 12.1. The Bertz CT molecular complexity index is 416. The normalized spacial score (nSPS) is 41.5. The first-order valence-electron chi connectivity index (χ1n) is 11.1. The van der Waals surface area contributed by atoms with Crippen molar-refractivity contribution in [1.82, 2.24) is 4.90 Å². The minimum atomic E-state index is -0.0442. The minimum Gasteiger partial charge on any atom is -0.393 e. The van der Waals surface area contributed by atoms with Gasteiger partial charge in [-0.2, -0.15) is 0 Å². The van der Waals surface area contributed by atoms with Crippen LogP contribution in [-0.4, -0.2) is 49.0 Å². The summed E-state index contributed by atoms with van der Waals surface area (Å²) in [7, 11) is 0. The van der Waals surface area contributed by atoms with E-state index in [9.17, 15) is 5.11 Å². The van der Waals surface area contributed by atoms with E-state index in [4.69, 9.17) is 4.74 Å². The molecule has 0 spiro atoms. The molecule has 4 aliphatic carbocycles. The fraction of sp³-hybridized carbons (Fsp3) is 1.00. The average Bonchev–Trinajstić information content (AvgIpc) is 2.59. The Kier molecular flexibility index (Phi) is 5.74. The number of nitrogens with zero attached hydrogens (tertiary/aromatic N) is 1. The highest BCUT2D eigenvalue weighted by Crippen LogP contribution is 2.62. The molecular formula is C22H39NO2. The Morgan fingerprint density at radius 3 is 2.44 bits per heavy atom. The summed E-state index contributed by atoms with van der Waals surface area (Å²) in [4.78, 5) is 2.52. The van der Waals surface area contributed by atoms with Gasteiger partial charge in [0.2, 0.25) is 0 Å². The lowest BCUT2D eigenvalue weighted by Gasteiger charge is -2.59. The van der Waals surface area contributed by atoms with Crippen molar-refractivity contribution >= 4 is 0 Å². The molecule has 2 unspecified atom stereocenters. The van der Waals surface area contributed by atoms with E-state index in [1.807, 2.05) is 0 Å². The fourth-order valence-corrected chi connectivity index (χ4v) is 6.77. The van der Waals surface area contributed by atoms with Gasteiger partial charge < -0.3 is 14.7 Å². The predicted octanol–water partition coefficient (Wildman–Crippen LogP) is 4.09. The van der Waals surface area contributed by atoms with Crippen molar-refractivity contribution in [2.75, 3.05) is 32.8 Å². The number of likely N-dealkylation sites (tertiary alicyclic amines) is 1. The zero-order chi connectivity index (χ0) is 17.3. The topological polar surface area (TPSA) is 32.7 Å². The summed E-state index contributed by atoms with van der Waals surface area (Å²) in [6, 6.07) is 0.